The summed E-state index contributed by atoms with van der Waals surface area (Å²) in [5.41, 5.74) is 1.60. The Morgan fingerprint density at radius 3 is 2.18 bits per heavy atom. The van der Waals surface area contributed by atoms with Crippen LogP contribution in [0.25, 0.3) is 0 Å². The minimum atomic E-state index is -3.88. The summed E-state index contributed by atoms with van der Waals surface area (Å²) < 4.78 is 28.4. The van der Waals surface area contributed by atoms with Gasteiger partial charge < -0.3 is 0 Å². The number of halogens is 1. The summed E-state index contributed by atoms with van der Waals surface area (Å²) in [4.78, 5) is 12.7. The van der Waals surface area contributed by atoms with Crippen LogP contribution < -0.4 is 0 Å². The van der Waals surface area contributed by atoms with Crippen LogP contribution in [-0.4, -0.2) is 41.7 Å². The zero-order valence-electron chi connectivity index (χ0n) is 20.6. The summed E-state index contributed by atoms with van der Waals surface area (Å²) in [6.45, 7) is 10.8. The second-order valence-corrected chi connectivity index (χ2v) is 12.9. The molecule has 186 valence electrons. The Bertz CT molecular complexity index is 1080. The van der Waals surface area contributed by atoms with Crippen molar-refractivity contribution in [1.29, 1.82) is 0 Å². The Morgan fingerprint density at radius 1 is 1.00 bits per heavy atom. The third kappa shape index (κ3) is 5.20. The van der Waals surface area contributed by atoms with Gasteiger partial charge in [-0.05, 0) is 83.7 Å². The summed E-state index contributed by atoms with van der Waals surface area (Å²) >= 11 is 6.06. The van der Waals surface area contributed by atoms with Crippen molar-refractivity contribution < 1.29 is 18.1 Å². The van der Waals surface area contributed by atoms with Gasteiger partial charge in [0.25, 0.3) is 10.0 Å². The lowest BCUT2D eigenvalue weighted by atomic mass is 9.82. The Labute approximate surface area is 208 Å². The van der Waals surface area contributed by atoms with E-state index in [0.29, 0.717) is 11.4 Å². The monoisotopic (exact) mass is 506 g/mol. The van der Waals surface area contributed by atoms with E-state index >= 15 is 0 Å². The van der Waals surface area contributed by atoms with Crippen LogP contribution in [0, 0.1) is 6.92 Å². The number of hydroxylamine groups is 3. The van der Waals surface area contributed by atoms with Crippen LogP contribution >= 0.6 is 11.6 Å². The van der Waals surface area contributed by atoms with Crippen molar-refractivity contribution in [3.63, 3.8) is 0 Å². The first-order valence-corrected chi connectivity index (χ1v) is 13.7. The average Bonchev–Trinajstić information content (AvgIpc) is 3.18. The fourth-order valence-electron chi connectivity index (χ4n) is 5.14. The van der Waals surface area contributed by atoms with Crippen LogP contribution in [-0.2, 0) is 19.7 Å². The average molecular weight is 507 g/mol. The molecule has 2 heterocycles. The van der Waals surface area contributed by atoms with E-state index in [0.717, 1.165) is 34.9 Å². The van der Waals surface area contributed by atoms with Gasteiger partial charge in [0, 0.05) is 22.5 Å². The molecule has 2 atom stereocenters. The predicted octanol–water partition coefficient (Wildman–Crippen LogP) is 6.06. The highest BCUT2D eigenvalue weighted by Gasteiger charge is 2.46. The van der Waals surface area contributed by atoms with Crippen LogP contribution in [0.2, 0.25) is 5.02 Å². The lowest BCUT2D eigenvalue weighted by Gasteiger charge is -2.51. The molecule has 2 aliphatic rings. The number of aryl methyl sites for hydroxylation is 1. The molecule has 0 radical (unpaired) electrons. The fraction of sp³-hybridized carbons (Fsp3) is 0.538. The van der Waals surface area contributed by atoms with E-state index in [4.69, 9.17) is 21.3 Å². The summed E-state index contributed by atoms with van der Waals surface area (Å²) in [5.74, 6) is 0. The minimum absolute atomic E-state index is 0.141. The van der Waals surface area contributed by atoms with Crippen molar-refractivity contribution in [2.24, 2.45) is 0 Å². The van der Waals surface area contributed by atoms with E-state index in [-0.39, 0.29) is 22.6 Å². The summed E-state index contributed by atoms with van der Waals surface area (Å²) in [7, 11) is -3.88. The number of hydrogen-bond acceptors (Lipinski definition) is 5. The Kier molecular flexibility index (Phi) is 7.17. The highest BCUT2D eigenvalue weighted by Crippen LogP contribution is 2.41. The first-order valence-electron chi connectivity index (χ1n) is 11.9. The molecule has 6 nitrogen and oxygen atoms in total. The second kappa shape index (κ2) is 9.52. The molecule has 8 heteroatoms. The van der Waals surface area contributed by atoms with Gasteiger partial charge in [0.1, 0.15) is 6.10 Å². The van der Waals surface area contributed by atoms with E-state index in [1.165, 1.54) is 0 Å². The number of benzene rings is 2. The van der Waals surface area contributed by atoms with Gasteiger partial charge in [0.05, 0.1) is 17.5 Å². The SMILES string of the molecule is Cc1ccc(S(=O)(=O)N2O[C@@H](c3ccc(Cl)cc3)C[C@H]2CON2C(C)(C)CCCC2(C)C)cc1. The number of piperidine rings is 1. The van der Waals surface area contributed by atoms with E-state index in [1.54, 1.807) is 36.4 Å². The maximum absolute atomic E-state index is 13.6. The molecule has 0 aromatic heterocycles. The van der Waals surface area contributed by atoms with Gasteiger partial charge in [-0.1, -0.05) is 45.9 Å². The van der Waals surface area contributed by atoms with Crippen molar-refractivity contribution in [3.8, 4) is 0 Å². The Morgan fingerprint density at radius 2 is 1.59 bits per heavy atom. The van der Waals surface area contributed by atoms with Gasteiger partial charge in [-0.25, -0.2) is 8.42 Å². The standard InChI is InChI=1S/C26H35ClN2O4S/c1-19-7-13-23(14-8-19)34(30,31)28-22(17-24(33-28)20-9-11-21(27)12-10-20)18-32-29-25(2,3)15-6-16-26(29,4)5/h7-14,22,24H,6,15-18H2,1-5H3/t22-,24+/m0/s1. The van der Waals surface area contributed by atoms with E-state index in [1.807, 2.05) is 19.1 Å². The first kappa shape index (κ1) is 25.6. The number of nitrogens with zero attached hydrogens (tertiary/aromatic N) is 2. The van der Waals surface area contributed by atoms with Gasteiger partial charge in [0.2, 0.25) is 0 Å². The molecule has 0 saturated carbocycles. The number of rotatable bonds is 6. The maximum atomic E-state index is 13.6. The summed E-state index contributed by atoms with van der Waals surface area (Å²) in [6.07, 6.45) is 3.26. The smallest absolute Gasteiger partial charge is 0.265 e. The van der Waals surface area contributed by atoms with Crippen LogP contribution in [0.5, 0.6) is 0 Å². The van der Waals surface area contributed by atoms with Crippen molar-refractivity contribution in [2.45, 2.75) is 88.4 Å². The van der Waals surface area contributed by atoms with Crippen molar-refractivity contribution in [1.82, 2.24) is 9.53 Å². The molecule has 2 aliphatic heterocycles. The molecular weight excluding hydrogens is 472 g/mol. The minimum Gasteiger partial charge on any atom is -0.296 e. The Hall–Kier alpha value is -1.48. The molecule has 0 amide bonds. The third-order valence-corrected chi connectivity index (χ3v) is 8.86. The van der Waals surface area contributed by atoms with Gasteiger partial charge in [-0.3, -0.25) is 9.68 Å². The molecular formula is C26H35ClN2O4S. The zero-order chi connectivity index (χ0) is 24.7. The lowest BCUT2D eigenvalue weighted by Crippen LogP contribution is -2.59. The van der Waals surface area contributed by atoms with Crippen LogP contribution in [0.1, 0.15) is 70.6 Å². The molecule has 2 fully saturated rings. The third-order valence-electron chi connectivity index (χ3n) is 6.89. The van der Waals surface area contributed by atoms with Crippen LogP contribution in [0.3, 0.4) is 0 Å². The topological polar surface area (TPSA) is 59.1 Å². The quantitative estimate of drug-likeness (QED) is 0.476. The highest BCUT2D eigenvalue weighted by atomic mass is 35.5. The molecule has 0 unspecified atom stereocenters. The molecule has 2 aromatic rings. The molecule has 0 aliphatic carbocycles. The first-order chi connectivity index (χ1) is 15.9. The van der Waals surface area contributed by atoms with Crippen LogP contribution in [0.4, 0.5) is 0 Å². The predicted molar refractivity (Wildman–Crippen MR) is 134 cm³/mol. The second-order valence-electron chi connectivity index (χ2n) is 10.7. The summed E-state index contributed by atoms with van der Waals surface area (Å²) in [6, 6.07) is 13.7. The van der Waals surface area contributed by atoms with Gasteiger partial charge in [-0.2, -0.15) is 5.06 Å². The molecule has 0 spiro atoms. The van der Waals surface area contributed by atoms with E-state index < -0.39 is 22.2 Å². The van der Waals surface area contributed by atoms with Crippen molar-refractivity contribution in [3.05, 3.63) is 64.7 Å². The normalized spacial score (nSPS) is 25.5. The molecule has 2 saturated heterocycles. The Balaban J connectivity index is 1.61. The molecule has 0 N–H and O–H groups in total. The van der Waals surface area contributed by atoms with E-state index in [2.05, 4.69) is 32.8 Å². The largest absolute Gasteiger partial charge is 0.296 e. The number of hydrogen-bond donors (Lipinski definition) is 0. The molecule has 0 bridgehead atoms. The fourth-order valence-corrected chi connectivity index (χ4v) is 6.71. The maximum Gasteiger partial charge on any atom is 0.265 e. The van der Waals surface area contributed by atoms with Crippen LogP contribution in [0.15, 0.2) is 53.4 Å². The number of sulfonamides is 1. The summed E-state index contributed by atoms with van der Waals surface area (Å²) in [5, 5.41) is 2.69. The molecule has 2 aromatic carbocycles. The van der Waals surface area contributed by atoms with Gasteiger partial charge >= 0.3 is 0 Å². The van der Waals surface area contributed by atoms with Crippen molar-refractivity contribution >= 4 is 21.6 Å². The lowest BCUT2D eigenvalue weighted by molar-refractivity contribution is -0.287. The highest BCUT2D eigenvalue weighted by molar-refractivity contribution is 7.89. The van der Waals surface area contributed by atoms with E-state index in [9.17, 15) is 8.42 Å². The molecule has 34 heavy (non-hydrogen) atoms. The zero-order valence-corrected chi connectivity index (χ0v) is 22.2. The molecule has 4 rings (SSSR count). The van der Waals surface area contributed by atoms with Crippen molar-refractivity contribution in [2.75, 3.05) is 6.61 Å². The van der Waals surface area contributed by atoms with Gasteiger partial charge in [0.15, 0.2) is 0 Å². The van der Waals surface area contributed by atoms with Gasteiger partial charge in [-0.15, -0.1) is 0 Å².